The van der Waals surface area contributed by atoms with Crippen molar-refractivity contribution in [3.8, 4) is 11.3 Å². The molecule has 0 aliphatic rings. The molecule has 0 aliphatic carbocycles. The summed E-state index contributed by atoms with van der Waals surface area (Å²) in [6.45, 7) is 5.97. The number of carbonyl (C=O) groups excluding carboxylic acids is 1. The normalized spacial score (nSPS) is 11.3. The van der Waals surface area contributed by atoms with E-state index in [2.05, 4.69) is 44.4 Å². The second-order valence-electron chi connectivity index (χ2n) is 7.95. The van der Waals surface area contributed by atoms with Gasteiger partial charge in [0.05, 0.1) is 5.69 Å². The maximum atomic E-state index is 12.5. The topological polar surface area (TPSA) is 89.5 Å². The maximum Gasteiger partial charge on any atom is 0.252 e. The number of aromatic nitrogens is 6. The van der Waals surface area contributed by atoms with Crippen LogP contribution in [0.4, 0.5) is 5.69 Å². The minimum atomic E-state index is -0.0431. The number of nitrogens with zero attached hydrogens (tertiary/aromatic N) is 6. The second kappa shape index (κ2) is 7.88. The molecular weight excluding hydrogens is 402 g/mol. The van der Waals surface area contributed by atoms with Gasteiger partial charge in [-0.15, -0.1) is 0 Å². The van der Waals surface area contributed by atoms with Crippen LogP contribution in [-0.2, 0) is 11.2 Å². The molecule has 4 aromatic heterocycles. The Morgan fingerprint density at radius 1 is 1.06 bits per heavy atom. The number of anilines is 1. The molecule has 0 saturated carbocycles. The van der Waals surface area contributed by atoms with Gasteiger partial charge in [-0.05, 0) is 62.6 Å². The van der Waals surface area contributed by atoms with Crippen LogP contribution < -0.4 is 5.32 Å². The second-order valence-corrected chi connectivity index (χ2v) is 7.95. The maximum absolute atomic E-state index is 12.5. The summed E-state index contributed by atoms with van der Waals surface area (Å²) >= 11 is 0. The van der Waals surface area contributed by atoms with E-state index in [0.29, 0.717) is 18.6 Å². The highest BCUT2D eigenvalue weighted by Crippen LogP contribution is 2.22. The molecule has 8 heteroatoms. The van der Waals surface area contributed by atoms with Gasteiger partial charge in [-0.25, -0.2) is 14.5 Å². The predicted octanol–water partition coefficient (Wildman–Crippen LogP) is 3.94. The van der Waals surface area contributed by atoms with Crippen molar-refractivity contribution in [2.75, 3.05) is 5.32 Å². The van der Waals surface area contributed by atoms with Gasteiger partial charge in [0.25, 0.3) is 5.78 Å². The number of hydrogen-bond donors (Lipinski definition) is 1. The van der Waals surface area contributed by atoms with E-state index < -0.39 is 0 Å². The first-order chi connectivity index (χ1) is 15.5. The van der Waals surface area contributed by atoms with Gasteiger partial charge in [-0.2, -0.15) is 10.1 Å². The average molecular weight is 425 g/mol. The third-order valence-corrected chi connectivity index (χ3v) is 5.67. The molecule has 0 aliphatic heterocycles. The average Bonchev–Trinajstić information content (AvgIpc) is 3.40. The van der Waals surface area contributed by atoms with Gasteiger partial charge in [0.15, 0.2) is 0 Å². The van der Waals surface area contributed by atoms with Gasteiger partial charge in [0, 0.05) is 41.5 Å². The highest BCUT2D eigenvalue weighted by Gasteiger charge is 2.13. The lowest BCUT2D eigenvalue weighted by Gasteiger charge is -2.10. The lowest BCUT2D eigenvalue weighted by molar-refractivity contribution is -0.116. The smallest absolute Gasteiger partial charge is 0.252 e. The number of benzene rings is 1. The van der Waals surface area contributed by atoms with Gasteiger partial charge in [0.2, 0.25) is 5.91 Å². The minimum Gasteiger partial charge on any atom is -0.326 e. The Morgan fingerprint density at radius 3 is 2.69 bits per heavy atom. The van der Waals surface area contributed by atoms with Crippen LogP contribution in [0.5, 0.6) is 0 Å². The zero-order chi connectivity index (χ0) is 22.2. The molecule has 1 amide bonds. The molecule has 1 N–H and O–H groups in total. The molecule has 5 rings (SSSR count). The fourth-order valence-electron chi connectivity index (χ4n) is 3.93. The van der Waals surface area contributed by atoms with Crippen molar-refractivity contribution in [1.29, 1.82) is 0 Å². The van der Waals surface area contributed by atoms with Crippen molar-refractivity contribution in [3.63, 3.8) is 0 Å². The summed E-state index contributed by atoms with van der Waals surface area (Å²) in [4.78, 5) is 25.8. The fourth-order valence-corrected chi connectivity index (χ4v) is 3.93. The highest BCUT2D eigenvalue weighted by molar-refractivity contribution is 5.91. The molecule has 8 nitrogen and oxygen atoms in total. The molecule has 0 spiro atoms. The number of carbonyl (C=O) groups is 1. The molecule has 0 unspecified atom stereocenters. The molecule has 0 bridgehead atoms. The fraction of sp³-hybridized carbons (Fsp3) is 0.208. The Bertz CT molecular complexity index is 1450. The van der Waals surface area contributed by atoms with E-state index >= 15 is 0 Å². The van der Waals surface area contributed by atoms with Gasteiger partial charge < -0.3 is 9.72 Å². The number of pyridine rings is 1. The van der Waals surface area contributed by atoms with Crippen molar-refractivity contribution >= 4 is 23.0 Å². The Balaban J connectivity index is 1.26. The molecule has 0 fully saturated rings. The summed E-state index contributed by atoms with van der Waals surface area (Å²) < 4.78 is 3.72. The van der Waals surface area contributed by atoms with E-state index in [9.17, 15) is 4.79 Å². The summed E-state index contributed by atoms with van der Waals surface area (Å²) in [7, 11) is 0. The molecule has 4 heterocycles. The summed E-state index contributed by atoms with van der Waals surface area (Å²) in [5.41, 5.74) is 7.62. The Labute approximate surface area is 185 Å². The predicted molar refractivity (Wildman–Crippen MR) is 123 cm³/mol. The van der Waals surface area contributed by atoms with Crippen LogP contribution in [0.1, 0.15) is 28.9 Å². The van der Waals surface area contributed by atoms with Crippen molar-refractivity contribution in [2.45, 2.75) is 33.6 Å². The molecule has 160 valence electrons. The number of aryl methyl sites for hydroxylation is 3. The molecule has 0 radical (unpaired) electrons. The van der Waals surface area contributed by atoms with Crippen LogP contribution in [0.15, 0.2) is 55.1 Å². The summed E-state index contributed by atoms with van der Waals surface area (Å²) in [5.74, 6) is 0.535. The van der Waals surface area contributed by atoms with Crippen LogP contribution in [0.25, 0.3) is 22.7 Å². The van der Waals surface area contributed by atoms with Crippen molar-refractivity contribution in [3.05, 3.63) is 77.6 Å². The third-order valence-electron chi connectivity index (χ3n) is 5.67. The number of fused-ring (bicyclic) bond motifs is 2. The molecular formula is C24H23N7O. The van der Waals surface area contributed by atoms with Crippen molar-refractivity contribution in [2.24, 2.45) is 0 Å². The number of hydrogen-bond acceptors (Lipinski definition) is 5. The number of imidazole rings is 1. The largest absolute Gasteiger partial charge is 0.326 e. The van der Waals surface area contributed by atoms with Crippen LogP contribution in [-0.4, -0.2) is 34.9 Å². The van der Waals surface area contributed by atoms with E-state index in [1.54, 1.807) is 4.52 Å². The van der Waals surface area contributed by atoms with Crippen LogP contribution in [0.2, 0.25) is 0 Å². The quantitative estimate of drug-likeness (QED) is 0.461. The van der Waals surface area contributed by atoms with Crippen LogP contribution in [0.3, 0.4) is 0 Å². The lowest BCUT2D eigenvalue weighted by atomic mass is 10.1. The number of nitrogens with one attached hydrogen (secondary N) is 1. The summed E-state index contributed by atoms with van der Waals surface area (Å²) in [6, 6.07) is 11.9. The van der Waals surface area contributed by atoms with E-state index in [-0.39, 0.29) is 5.91 Å². The first-order valence-electron chi connectivity index (χ1n) is 10.5. The van der Waals surface area contributed by atoms with Gasteiger partial charge in [-0.1, -0.05) is 12.1 Å². The molecule has 32 heavy (non-hydrogen) atoms. The van der Waals surface area contributed by atoms with E-state index in [1.165, 1.54) is 11.9 Å². The van der Waals surface area contributed by atoms with Crippen molar-refractivity contribution in [1.82, 2.24) is 29.0 Å². The summed E-state index contributed by atoms with van der Waals surface area (Å²) in [5, 5.41) is 7.18. The number of rotatable bonds is 5. The molecule has 0 saturated heterocycles. The van der Waals surface area contributed by atoms with E-state index in [4.69, 9.17) is 0 Å². The Hall–Kier alpha value is -4.07. The van der Waals surface area contributed by atoms with Crippen molar-refractivity contribution < 1.29 is 4.79 Å². The lowest BCUT2D eigenvalue weighted by Crippen LogP contribution is -2.14. The zero-order valence-corrected chi connectivity index (χ0v) is 18.2. The molecule has 1 aromatic carbocycles. The third kappa shape index (κ3) is 3.71. The minimum absolute atomic E-state index is 0.0431. The first-order valence-corrected chi connectivity index (χ1v) is 10.5. The van der Waals surface area contributed by atoms with Crippen LogP contribution >= 0.6 is 0 Å². The standard InChI is InChI=1S/C24H23N7O/c1-15-10-11-30-13-21(29-22(30)12-15)18-4-6-19(7-5-18)28-23(32)9-8-20-16(2)27-24-25-14-26-31(24)17(20)3/h4-7,10-14H,8-9H2,1-3H3,(H,28,32). The summed E-state index contributed by atoms with van der Waals surface area (Å²) in [6.07, 6.45) is 6.45. The Morgan fingerprint density at radius 2 is 1.88 bits per heavy atom. The number of amides is 1. The molecule has 0 atom stereocenters. The monoisotopic (exact) mass is 425 g/mol. The van der Waals surface area contributed by atoms with Gasteiger partial charge >= 0.3 is 0 Å². The van der Waals surface area contributed by atoms with E-state index in [0.717, 1.165) is 39.5 Å². The first kappa shape index (κ1) is 19.9. The van der Waals surface area contributed by atoms with Gasteiger partial charge in [0.1, 0.15) is 12.0 Å². The molecule has 5 aromatic rings. The van der Waals surface area contributed by atoms with Crippen LogP contribution in [0, 0.1) is 20.8 Å². The Kier molecular flexibility index (Phi) is 4.89. The highest BCUT2D eigenvalue weighted by atomic mass is 16.1. The van der Waals surface area contributed by atoms with E-state index in [1.807, 2.05) is 54.9 Å². The SMILES string of the molecule is Cc1ccn2cc(-c3ccc(NC(=O)CCc4c(C)nc5ncnn5c4C)cc3)nc2c1. The van der Waals surface area contributed by atoms with Gasteiger partial charge in [-0.3, -0.25) is 4.79 Å². The zero-order valence-electron chi connectivity index (χ0n) is 18.2.